The van der Waals surface area contributed by atoms with E-state index in [1.54, 1.807) is 4.68 Å². The second-order valence-electron chi connectivity index (χ2n) is 3.92. The van der Waals surface area contributed by atoms with Crippen molar-refractivity contribution in [1.82, 2.24) is 20.2 Å². The minimum absolute atomic E-state index is 0.333. The van der Waals surface area contributed by atoms with Crippen LogP contribution in [0.5, 0.6) is 0 Å². The number of benzene rings is 1. The Hall–Kier alpha value is -1.75. The summed E-state index contributed by atoms with van der Waals surface area (Å²) >= 11 is 0. The van der Waals surface area contributed by atoms with Crippen molar-refractivity contribution in [2.45, 2.75) is 26.3 Å². The molecule has 16 heavy (non-hydrogen) atoms. The fourth-order valence-corrected chi connectivity index (χ4v) is 1.69. The normalized spacial score (nSPS) is 11.0. The van der Waals surface area contributed by atoms with Gasteiger partial charge in [0.25, 0.3) is 0 Å². The van der Waals surface area contributed by atoms with Gasteiger partial charge in [0.15, 0.2) is 5.82 Å². The number of tetrazole rings is 1. The molecule has 0 bridgehead atoms. The van der Waals surface area contributed by atoms with Crippen LogP contribution in [0, 0.1) is 0 Å². The van der Waals surface area contributed by atoms with Gasteiger partial charge in [-0.25, -0.2) is 0 Å². The van der Waals surface area contributed by atoms with Gasteiger partial charge in [-0.1, -0.05) is 32.0 Å². The van der Waals surface area contributed by atoms with Crippen LogP contribution in [0.15, 0.2) is 24.3 Å². The van der Waals surface area contributed by atoms with Crippen molar-refractivity contribution in [3.05, 3.63) is 35.7 Å². The van der Waals surface area contributed by atoms with Gasteiger partial charge in [-0.3, -0.25) is 0 Å². The molecule has 0 radical (unpaired) electrons. The zero-order valence-electron chi connectivity index (χ0n) is 9.46. The van der Waals surface area contributed by atoms with Gasteiger partial charge >= 0.3 is 0 Å². The number of hydrogen-bond donors (Lipinski definition) is 1. The topological polar surface area (TPSA) is 69.6 Å². The molecule has 1 aromatic heterocycles. The Morgan fingerprint density at radius 3 is 2.75 bits per heavy atom. The molecule has 0 aliphatic heterocycles. The van der Waals surface area contributed by atoms with Gasteiger partial charge < -0.3 is 5.73 Å². The average Bonchev–Trinajstić information content (AvgIpc) is 2.76. The molecule has 0 atom stereocenters. The first-order valence-electron chi connectivity index (χ1n) is 5.30. The van der Waals surface area contributed by atoms with Gasteiger partial charge in [0, 0.05) is 0 Å². The Labute approximate surface area is 94.3 Å². The third-order valence-corrected chi connectivity index (χ3v) is 2.50. The van der Waals surface area contributed by atoms with Crippen LogP contribution in [0.1, 0.15) is 31.2 Å². The van der Waals surface area contributed by atoms with E-state index in [1.807, 2.05) is 18.2 Å². The molecule has 0 spiro atoms. The van der Waals surface area contributed by atoms with Gasteiger partial charge in [0.2, 0.25) is 0 Å². The first-order chi connectivity index (χ1) is 7.74. The van der Waals surface area contributed by atoms with E-state index in [-0.39, 0.29) is 0 Å². The average molecular weight is 217 g/mol. The summed E-state index contributed by atoms with van der Waals surface area (Å²) in [5.74, 6) is 1.10. The third kappa shape index (κ3) is 1.81. The molecule has 2 aromatic rings. The van der Waals surface area contributed by atoms with E-state index in [1.165, 1.54) is 5.56 Å². The molecule has 2 rings (SSSR count). The molecule has 2 N–H and O–H groups in total. The third-order valence-electron chi connectivity index (χ3n) is 2.50. The van der Waals surface area contributed by atoms with Crippen molar-refractivity contribution >= 4 is 0 Å². The van der Waals surface area contributed by atoms with Crippen molar-refractivity contribution < 1.29 is 0 Å². The Balaban J connectivity index is 2.55. The monoisotopic (exact) mass is 217 g/mol. The lowest BCUT2D eigenvalue weighted by atomic mass is 10.0. The van der Waals surface area contributed by atoms with Crippen LogP contribution in [0.3, 0.4) is 0 Å². The predicted octanol–water partition coefficient (Wildman–Crippen LogP) is 1.24. The Morgan fingerprint density at radius 1 is 1.31 bits per heavy atom. The van der Waals surface area contributed by atoms with Crippen molar-refractivity contribution in [3.8, 4) is 5.69 Å². The largest absolute Gasteiger partial charge is 0.324 e. The maximum Gasteiger partial charge on any atom is 0.170 e. The summed E-state index contributed by atoms with van der Waals surface area (Å²) in [5.41, 5.74) is 7.81. The highest BCUT2D eigenvalue weighted by molar-refractivity contribution is 5.42. The molecule has 5 heteroatoms. The molecule has 5 nitrogen and oxygen atoms in total. The van der Waals surface area contributed by atoms with Crippen LogP contribution in [0.2, 0.25) is 0 Å². The summed E-state index contributed by atoms with van der Waals surface area (Å²) in [5, 5.41) is 11.5. The Bertz CT molecular complexity index is 475. The molecular formula is C11H15N5. The second kappa shape index (κ2) is 4.40. The van der Waals surface area contributed by atoms with Gasteiger partial charge in [-0.15, -0.1) is 5.10 Å². The zero-order valence-corrected chi connectivity index (χ0v) is 9.46. The maximum absolute atomic E-state index is 5.60. The molecule has 0 fully saturated rings. The van der Waals surface area contributed by atoms with Crippen LogP contribution in [-0.4, -0.2) is 20.2 Å². The predicted molar refractivity (Wildman–Crippen MR) is 61.1 cm³/mol. The van der Waals surface area contributed by atoms with Gasteiger partial charge in [-0.05, 0) is 28.0 Å². The van der Waals surface area contributed by atoms with E-state index >= 15 is 0 Å². The van der Waals surface area contributed by atoms with Crippen LogP contribution >= 0.6 is 0 Å². The highest BCUT2D eigenvalue weighted by atomic mass is 15.5. The summed E-state index contributed by atoms with van der Waals surface area (Å²) in [6.07, 6.45) is 0. The number of nitrogens with two attached hydrogens (primary N) is 1. The molecule has 0 amide bonds. The molecule has 0 saturated heterocycles. The van der Waals surface area contributed by atoms with Crippen LogP contribution in [0.4, 0.5) is 0 Å². The molecule has 1 aromatic carbocycles. The lowest BCUT2D eigenvalue weighted by Gasteiger charge is -2.12. The van der Waals surface area contributed by atoms with Crippen LogP contribution in [0.25, 0.3) is 5.69 Å². The smallest absolute Gasteiger partial charge is 0.170 e. The SMILES string of the molecule is CC(C)c1ccccc1-n1nnnc1CN. The number of para-hydroxylation sites is 1. The van der Waals surface area contributed by atoms with E-state index in [2.05, 4.69) is 35.4 Å². The van der Waals surface area contributed by atoms with Crippen molar-refractivity contribution in [3.63, 3.8) is 0 Å². The lowest BCUT2D eigenvalue weighted by Crippen LogP contribution is -2.10. The fraction of sp³-hybridized carbons (Fsp3) is 0.364. The molecule has 0 aliphatic carbocycles. The number of hydrogen-bond acceptors (Lipinski definition) is 4. The first kappa shape index (κ1) is 10.8. The maximum atomic E-state index is 5.60. The van der Waals surface area contributed by atoms with Crippen molar-refractivity contribution in [2.24, 2.45) is 5.73 Å². The standard InChI is InChI=1S/C11H15N5/c1-8(2)9-5-3-4-6-10(9)16-11(7-12)13-14-15-16/h3-6,8H,7,12H2,1-2H3. The second-order valence-corrected chi connectivity index (χ2v) is 3.92. The minimum atomic E-state index is 0.333. The fourth-order valence-electron chi connectivity index (χ4n) is 1.69. The molecule has 84 valence electrons. The minimum Gasteiger partial charge on any atom is -0.324 e. The summed E-state index contributed by atoms with van der Waals surface area (Å²) < 4.78 is 1.70. The van der Waals surface area contributed by atoms with E-state index in [9.17, 15) is 0 Å². The summed E-state index contributed by atoms with van der Waals surface area (Å²) in [6.45, 7) is 4.62. The van der Waals surface area contributed by atoms with Gasteiger partial charge in [-0.2, -0.15) is 4.68 Å². The van der Waals surface area contributed by atoms with Crippen LogP contribution in [-0.2, 0) is 6.54 Å². The molecule has 0 unspecified atom stereocenters. The highest BCUT2D eigenvalue weighted by Crippen LogP contribution is 2.22. The quantitative estimate of drug-likeness (QED) is 0.839. The van der Waals surface area contributed by atoms with Gasteiger partial charge in [0.05, 0.1) is 12.2 Å². The number of aromatic nitrogens is 4. The Kier molecular flexibility index (Phi) is 2.96. The van der Waals surface area contributed by atoms with E-state index in [0.29, 0.717) is 18.3 Å². The number of nitrogens with zero attached hydrogens (tertiary/aromatic N) is 4. The Morgan fingerprint density at radius 2 is 2.06 bits per heavy atom. The highest BCUT2D eigenvalue weighted by Gasteiger charge is 2.12. The first-order valence-corrected chi connectivity index (χ1v) is 5.30. The summed E-state index contributed by atoms with van der Waals surface area (Å²) in [4.78, 5) is 0. The van der Waals surface area contributed by atoms with E-state index in [0.717, 1.165) is 5.69 Å². The van der Waals surface area contributed by atoms with Crippen molar-refractivity contribution in [2.75, 3.05) is 0 Å². The summed E-state index contributed by atoms with van der Waals surface area (Å²) in [7, 11) is 0. The molecule has 0 aliphatic rings. The molecular weight excluding hydrogens is 202 g/mol. The van der Waals surface area contributed by atoms with Gasteiger partial charge in [0.1, 0.15) is 0 Å². The van der Waals surface area contributed by atoms with E-state index in [4.69, 9.17) is 5.73 Å². The van der Waals surface area contributed by atoms with Crippen LogP contribution < -0.4 is 5.73 Å². The molecule has 1 heterocycles. The summed E-state index contributed by atoms with van der Waals surface area (Å²) in [6, 6.07) is 8.08. The lowest BCUT2D eigenvalue weighted by molar-refractivity contribution is 0.738. The van der Waals surface area contributed by atoms with Crippen molar-refractivity contribution in [1.29, 1.82) is 0 Å². The number of rotatable bonds is 3. The molecule has 0 saturated carbocycles. The van der Waals surface area contributed by atoms with E-state index < -0.39 is 0 Å². The zero-order chi connectivity index (χ0) is 11.5.